The number of aryl methyl sites for hydroxylation is 1. The van der Waals surface area contributed by atoms with Crippen LogP contribution in [0.1, 0.15) is 33.8 Å². The Hall–Kier alpha value is -3.24. The standard InChI is InChI=1S/C24H24F2N4O3S/c1-14-3-5-15(6-4-14)22-27-19(34-29-22)13-33-18-8-7-17(25)20(21(18)26)24(32)28-23(31)16-9-11-30(2)12-10-16/h3-8,16H,9-13H2,1-2H3,(H,28,31,32). The molecule has 34 heavy (non-hydrogen) atoms. The fourth-order valence-electron chi connectivity index (χ4n) is 3.67. The largest absolute Gasteiger partial charge is 0.483 e. The van der Waals surface area contributed by atoms with Crippen molar-refractivity contribution in [3.63, 3.8) is 0 Å². The topological polar surface area (TPSA) is 84.4 Å². The van der Waals surface area contributed by atoms with Crippen molar-refractivity contribution in [2.24, 2.45) is 5.92 Å². The highest BCUT2D eigenvalue weighted by Crippen LogP contribution is 2.26. The molecule has 1 saturated heterocycles. The predicted octanol–water partition coefficient (Wildman–Crippen LogP) is 3.97. The van der Waals surface area contributed by atoms with Gasteiger partial charge in [0.25, 0.3) is 5.91 Å². The molecule has 0 atom stereocenters. The van der Waals surface area contributed by atoms with Crippen LogP contribution in [-0.2, 0) is 11.4 Å². The molecule has 1 fully saturated rings. The summed E-state index contributed by atoms with van der Waals surface area (Å²) in [7, 11) is 1.95. The van der Waals surface area contributed by atoms with E-state index in [9.17, 15) is 18.4 Å². The third-order valence-electron chi connectivity index (χ3n) is 5.74. The molecule has 0 spiro atoms. The summed E-state index contributed by atoms with van der Waals surface area (Å²) in [6, 6.07) is 9.74. The fourth-order valence-corrected chi connectivity index (χ4v) is 4.25. The minimum Gasteiger partial charge on any atom is -0.483 e. The lowest BCUT2D eigenvalue weighted by Crippen LogP contribution is -2.41. The molecule has 10 heteroatoms. The Morgan fingerprint density at radius 3 is 2.56 bits per heavy atom. The molecule has 0 unspecified atom stereocenters. The van der Waals surface area contributed by atoms with Gasteiger partial charge in [0.05, 0.1) is 0 Å². The summed E-state index contributed by atoms with van der Waals surface area (Å²) in [5.74, 6) is -4.05. The van der Waals surface area contributed by atoms with Crippen molar-refractivity contribution in [3.05, 3.63) is 64.2 Å². The number of aromatic nitrogens is 2. The van der Waals surface area contributed by atoms with E-state index in [0.717, 1.165) is 47.9 Å². The lowest BCUT2D eigenvalue weighted by Gasteiger charge is -2.27. The lowest BCUT2D eigenvalue weighted by molar-refractivity contribution is -0.125. The van der Waals surface area contributed by atoms with Gasteiger partial charge < -0.3 is 9.64 Å². The highest BCUT2D eigenvalue weighted by atomic mass is 32.1. The van der Waals surface area contributed by atoms with Gasteiger partial charge in [-0.1, -0.05) is 29.8 Å². The summed E-state index contributed by atoms with van der Waals surface area (Å²) in [5.41, 5.74) is 1.10. The molecule has 3 aromatic rings. The monoisotopic (exact) mass is 486 g/mol. The Morgan fingerprint density at radius 2 is 1.85 bits per heavy atom. The molecule has 2 amide bonds. The van der Waals surface area contributed by atoms with E-state index in [1.807, 2.05) is 38.2 Å². The third kappa shape index (κ3) is 5.45. The van der Waals surface area contributed by atoms with Crippen molar-refractivity contribution in [1.82, 2.24) is 19.6 Å². The first-order chi connectivity index (χ1) is 16.3. The molecule has 1 aliphatic rings. The second-order valence-electron chi connectivity index (χ2n) is 8.30. The third-order valence-corrected chi connectivity index (χ3v) is 6.42. The first-order valence-corrected chi connectivity index (χ1v) is 11.6. The van der Waals surface area contributed by atoms with Crippen LogP contribution in [0.15, 0.2) is 36.4 Å². The molecule has 1 aliphatic heterocycles. The number of hydrogen-bond acceptors (Lipinski definition) is 7. The summed E-state index contributed by atoms with van der Waals surface area (Å²) in [6.07, 6.45) is 1.16. The highest BCUT2D eigenvalue weighted by molar-refractivity contribution is 7.05. The zero-order chi connectivity index (χ0) is 24.2. The SMILES string of the molecule is Cc1ccc(-c2nsc(COc3ccc(F)c(C(=O)NC(=O)C4CCN(C)CC4)c3F)n2)cc1. The number of benzene rings is 2. The predicted molar refractivity (Wildman–Crippen MR) is 123 cm³/mol. The second kappa shape index (κ2) is 10.4. The number of rotatable bonds is 6. The molecular formula is C24H24F2N4O3S. The average Bonchev–Trinajstić information content (AvgIpc) is 3.28. The Balaban J connectivity index is 1.42. The molecule has 2 heterocycles. The van der Waals surface area contributed by atoms with Gasteiger partial charge in [0, 0.05) is 11.5 Å². The van der Waals surface area contributed by atoms with Crippen LogP contribution in [0, 0.1) is 24.5 Å². The molecule has 0 saturated carbocycles. The van der Waals surface area contributed by atoms with Gasteiger partial charge in [-0.05, 0) is 63.6 Å². The molecular weight excluding hydrogens is 462 g/mol. The van der Waals surface area contributed by atoms with Gasteiger partial charge in [0.2, 0.25) is 5.91 Å². The van der Waals surface area contributed by atoms with Crippen LogP contribution >= 0.6 is 11.5 Å². The van der Waals surface area contributed by atoms with Crippen LogP contribution in [0.5, 0.6) is 5.75 Å². The number of halogens is 2. The van der Waals surface area contributed by atoms with Crippen LogP contribution < -0.4 is 10.1 Å². The molecule has 0 radical (unpaired) electrons. The zero-order valence-corrected chi connectivity index (χ0v) is 19.6. The molecule has 0 aliphatic carbocycles. The Morgan fingerprint density at radius 1 is 1.15 bits per heavy atom. The van der Waals surface area contributed by atoms with Gasteiger partial charge >= 0.3 is 0 Å². The van der Waals surface area contributed by atoms with Crippen LogP contribution in [-0.4, -0.2) is 46.2 Å². The minimum absolute atomic E-state index is 0.109. The van der Waals surface area contributed by atoms with Crippen molar-refractivity contribution < 1.29 is 23.1 Å². The van der Waals surface area contributed by atoms with Crippen LogP contribution in [0.25, 0.3) is 11.4 Å². The molecule has 1 N–H and O–H groups in total. The zero-order valence-electron chi connectivity index (χ0n) is 18.8. The Kier molecular flexibility index (Phi) is 7.28. The Bertz CT molecular complexity index is 1190. The summed E-state index contributed by atoms with van der Waals surface area (Å²) in [5, 5.41) is 2.63. The van der Waals surface area contributed by atoms with E-state index < -0.39 is 29.0 Å². The van der Waals surface area contributed by atoms with Gasteiger partial charge in [0.15, 0.2) is 22.4 Å². The summed E-state index contributed by atoms with van der Waals surface area (Å²) in [6.45, 7) is 3.31. The number of carbonyl (C=O) groups is 2. The number of piperidine rings is 1. The van der Waals surface area contributed by atoms with Crippen molar-refractivity contribution >= 4 is 23.3 Å². The molecule has 2 aromatic carbocycles. The summed E-state index contributed by atoms with van der Waals surface area (Å²) >= 11 is 1.10. The second-order valence-corrected chi connectivity index (χ2v) is 9.13. The van der Waals surface area contributed by atoms with Crippen molar-refractivity contribution in [2.75, 3.05) is 20.1 Å². The Labute approximate surface area is 199 Å². The maximum Gasteiger partial charge on any atom is 0.263 e. The fraction of sp³-hybridized carbons (Fsp3) is 0.333. The molecule has 0 bridgehead atoms. The van der Waals surface area contributed by atoms with Crippen molar-refractivity contribution in [2.45, 2.75) is 26.4 Å². The van der Waals surface area contributed by atoms with Crippen LogP contribution in [0.3, 0.4) is 0 Å². The van der Waals surface area contributed by atoms with E-state index in [2.05, 4.69) is 19.6 Å². The summed E-state index contributed by atoms with van der Waals surface area (Å²) < 4.78 is 39.0. The van der Waals surface area contributed by atoms with E-state index in [0.29, 0.717) is 23.7 Å². The van der Waals surface area contributed by atoms with Gasteiger partial charge in [-0.25, -0.2) is 13.8 Å². The van der Waals surface area contributed by atoms with Crippen LogP contribution in [0.2, 0.25) is 0 Å². The lowest BCUT2D eigenvalue weighted by atomic mass is 9.96. The quantitative estimate of drug-likeness (QED) is 0.531. The highest BCUT2D eigenvalue weighted by Gasteiger charge is 2.28. The van der Waals surface area contributed by atoms with E-state index >= 15 is 0 Å². The number of carbonyl (C=O) groups excluding carboxylic acids is 2. The van der Waals surface area contributed by atoms with E-state index in [1.54, 1.807) is 0 Å². The smallest absolute Gasteiger partial charge is 0.263 e. The summed E-state index contributed by atoms with van der Waals surface area (Å²) in [4.78, 5) is 31.4. The number of likely N-dealkylation sites (tertiary alicyclic amines) is 1. The van der Waals surface area contributed by atoms with E-state index in [1.165, 1.54) is 0 Å². The van der Waals surface area contributed by atoms with Gasteiger partial charge in [-0.3, -0.25) is 14.9 Å². The molecule has 4 rings (SSSR count). The maximum absolute atomic E-state index is 15.0. The van der Waals surface area contributed by atoms with Gasteiger partial charge in [0.1, 0.15) is 18.0 Å². The number of nitrogens with zero attached hydrogens (tertiary/aromatic N) is 3. The molecule has 178 valence electrons. The first kappa shape index (κ1) is 23.9. The number of imide groups is 1. The normalized spacial score (nSPS) is 14.7. The molecule has 1 aromatic heterocycles. The number of amides is 2. The average molecular weight is 487 g/mol. The molecule has 7 nitrogen and oxygen atoms in total. The number of nitrogens with one attached hydrogen (secondary N) is 1. The van der Waals surface area contributed by atoms with Crippen molar-refractivity contribution in [3.8, 4) is 17.1 Å². The van der Waals surface area contributed by atoms with Crippen molar-refractivity contribution in [1.29, 1.82) is 0 Å². The van der Waals surface area contributed by atoms with E-state index in [-0.39, 0.29) is 18.3 Å². The van der Waals surface area contributed by atoms with Crippen LogP contribution in [0.4, 0.5) is 8.78 Å². The first-order valence-electron chi connectivity index (χ1n) is 10.9. The maximum atomic E-state index is 15.0. The van der Waals surface area contributed by atoms with Gasteiger partial charge in [-0.15, -0.1) is 0 Å². The number of hydrogen-bond donors (Lipinski definition) is 1. The van der Waals surface area contributed by atoms with Gasteiger partial charge in [-0.2, -0.15) is 4.37 Å². The minimum atomic E-state index is -1.17. The van der Waals surface area contributed by atoms with E-state index in [4.69, 9.17) is 4.74 Å². The number of ether oxygens (including phenoxy) is 1.